The van der Waals surface area contributed by atoms with E-state index in [9.17, 15) is 14.4 Å². The molecule has 0 unspecified atom stereocenters. The van der Waals surface area contributed by atoms with Crippen LogP contribution >= 0.6 is 0 Å². The number of amides is 1. The summed E-state index contributed by atoms with van der Waals surface area (Å²) < 4.78 is 11.5. The SMILES string of the molecule is COC(=O)n1cc(C[C@@H](C)NC(=O)c2cc3ccccc3oc2=O)c2ccccc21. The van der Waals surface area contributed by atoms with Gasteiger partial charge in [-0.1, -0.05) is 36.4 Å². The lowest BCUT2D eigenvalue weighted by atomic mass is 10.1. The van der Waals surface area contributed by atoms with Crippen molar-refractivity contribution in [1.82, 2.24) is 9.88 Å². The van der Waals surface area contributed by atoms with Gasteiger partial charge in [-0.05, 0) is 37.1 Å². The van der Waals surface area contributed by atoms with Gasteiger partial charge in [0, 0.05) is 23.0 Å². The van der Waals surface area contributed by atoms with Crippen molar-refractivity contribution in [3.63, 3.8) is 0 Å². The molecule has 7 heteroatoms. The van der Waals surface area contributed by atoms with Gasteiger partial charge < -0.3 is 14.5 Å². The number of benzene rings is 2. The highest BCUT2D eigenvalue weighted by atomic mass is 16.5. The molecule has 1 amide bonds. The van der Waals surface area contributed by atoms with E-state index in [2.05, 4.69) is 5.32 Å². The van der Waals surface area contributed by atoms with Crippen LogP contribution in [0.4, 0.5) is 4.79 Å². The summed E-state index contributed by atoms with van der Waals surface area (Å²) in [7, 11) is 1.33. The first-order valence-electron chi connectivity index (χ1n) is 9.49. The minimum Gasteiger partial charge on any atom is -0.452 e. The van der Waals surface area contributed by atoms with Gasteiger partial charge in [-0.25, -0.2) is 9.59 Å². The summed E-state index contributed by atoms with van der Waals surface area (Å²) in [5, 5.41) is 4.42. The van der Waals surface area contributed by atoms with Gasteiger partial charge in [0.05, 0.1) is 12.6 Å². The number of aromatic nitrogens is 1. The molecule has 2 aromatic carbocycles. The van der Waals surface area contributed by atoms with Crippen LogP contribution < -0.4 is 10.9 Å². The molecule has 0 fully saturated rings. The number of rotatable bonds is 4. The van der Waals surface area contributed by atoms with Crippen LogP contribution in [0.2, 0.25) is 0 Å². The lowest BCUT2D eigenvalue weighted by Gasteiger charge is -2.13. The van der Waals surface area contributed by atoms with Gasteiger partial charge in [-0.3, -0.25) is 9.36 Å². The Kier molecular flexibility index (Phi) is 5.10. The average molecular weight is 404 g/mol. The van der Waals surface area contributed by atoms with Gasteiger partial charge in [0.2, 0.25) is 0 Å². The van der Waals surface area contributed by atoms with E-state index in [-0.39, 0.29) is 11.6 Å². The van der Waals surface area contributed by atoms with Gasteiger partial charge >= 0.3 is 11.7 Å². The predicted octanol–water partition coefficient (Wildman–Crippen LogP) is 3.72. The molecule has 7 nitrogen and oxygen atoms in total. The molecule has 30 heavy (non-hydrogen) atoms. The molecule has 0 aliphatic rings. The van der Waals surface area contributed by atoms with Crippen LogP contribution in [0.3, 0.4) is 0 Å². The van der Waals surface area contributed by atoms with Crippen molar-refractivity contribution in [2.45, 2.75) is 19.4 Å². The second kappa shape index (κ2) is 7.87. The van der Waals surface area contributed by atoms with Gasteiger partial charge in [-0.15, -0.1) is 0 Å². The Bertz CT molecular complexity index is 1320. The summed E-state index contributed by atoms with van der Waals surface area (Å²) in [6.07, 6.45) is 1.70. The summed E-state index contributed by atoms with van der Waals surface area (Å²) in [6.45, 7) is 1.84. The molecular weight excluding hydrogens is 384 g/mol. The van der Waals surface area contributed by atoms with Gasteiger partial charge in [-0.2, -0.15) is 0 Å². The number of nitrogens with zero attached hydrogens (tertiary/aromatic N) is 1. The molecule has 2 aromatic heterocycles. The van der Waals surface area contributed by atoms with E-state index in [4.69, 9.17) is 9.15 Å². The highest BCUT2D eigenvalue weighted by molar-refractivity contribution is 5.97. The molecule has 0 bridgehead atoms. The monoisotopic (exact) mass is 404 g/mol. The number of ether oxygens (including phenoxy) is 1. The third-order valence-corrected chi connectivity index (χ3v) is 4.96. The molecule has 0 aliphatic carbocycles. The minimum absolute atomic E-state index is 0.0439. The molecule has 4 aromatic rings. The van der Waals surface area contributed by atoms with Gasteiger partial charge in [0.25, 0.3) is 5.91 Å². The summed E-state index contributed by atoms with van der Waals surface area (Å²) in [5.41, 5.74) is 1.32. The zero-order valence-corrected chi connectivity index (χ0v) is 16.5. The van der Waals surface area contributed by atoms with Crippen LogP contribution in [0.25, 0.3) is 21.9 Å². The molecule has 2 heterocycles. The molecular formula is C23H20N2O5. The number of carbonyl (C=O) groups is 2. The summed E-state index contributed by atoms with van der Waals surface area (Å²) in [4.78, 5) is 37.0. The Labute approximate surface area is 171 Å². The van der Waals surface area contributed by atoms with Crippen LogP contribution in [0, 0.1) is 0 Å². The first-order chi connectivity index (χ1) is 14.5. The Morgan fingerprint density at radius 3 is 2.67 bits per heavy atom. The van der Waals surface area contributed by atoms with Crippen LogP contribution in [-0.2, 0) is 11.2 Å². The fourth-order valence-corrected chi connectivity index (χ4v) is 3.56. The van der Waals surface area contributed by atoms with Crippen LogP contribution in [0.1, 0.15) is 22.8 Å². The number of methoxy groups -OCH3 is 1. The van der Waals surface area contributed by atoms with Crippen molar-refractivity contribution in [3.05, 3.63) is 82.3 Å². The molecule has 0 aliphatic heterocycles. The molecule has 0 saturated heterocycles. The van der Waals surface area contributed by atoms with E-state index in [1.165, 1.54) is 17.7 Å². The Hall–Kier alpha value is -3.87. The standard InChI is InChI=1S/C23H20N2O5/c1-14(11-16-13-25(23(28)29-2)19-9-5-4-8-17(16)19)24-21(26)18-12-15-7-3-6-10-20(15)30-22(18)27/h3-10,12-14H,11H2,1-2H3,(H,24,26)/t14-/m1/s1. The molecule has 1 N–H and O–H groups in total. The number of nitrogens with one attached hydrogen (secondary N) is 1. The normalized spacial score (nSPS) is 12.1. The van der Waals surface area contributed by atoms with E-state index in [1.54, 1.807) is 24.4 Å². The zero-order valence-electron chi connectivity index (χ0n) is 16.5. The van der Waals surface area contributed by atoms with Crippen molar-refractivity contribution in [3.8, 4) is 0 Å². The van der Waals surface area contributed by atoms with Gasteiger partial charge in [0.1, 0.15) is 11.1 Å². The van der Waals surface area contributed by atoms with E-state index in [0.717, 1.165) is 16.5 Å². The molecule has 4 rings (SSSR count). The maximum absolute atomic E-state index is 12.7. The summed E-state index contributed by atoms with van der Waals surface area (Å²) in [5.74, 6) is -0.501. The molecule has 152 valence electrons. The predicted molar refractivity (Wildman–Crippen MR) is 113 cm³/mol. The quantitative estimate of drug-likeness (QED) is 0.524. The lowest BCUT2D eigenvalue weighted by Crippen LogP contribution is -2.36. The second-order valence-electron chi connectivity index (χ2n) is 7.08. The largest absolute Gasteiger partial charge is 0.452 e. The Morgan fingerprint density at radius 1 is 1.13 bits per heavy atom. The minimum atomic E-state index is -0.680. The maximum Gasteiger partial charge on any atom is 0.418 e. The van der Waals surface area contributed by atoms with Crippen molar-refractivity contribution >= 4 is 33.9 Å². The molecule has 0 saturated carbocycles. The van der Waals surface area contributed by atoms with Crippen molar-refractivity contribution < 1.29 is 18.7 Å². The van der Waals surface area contributed by atoms with Gasteiger partial charge in [0.15, 0.2) is 0 Å². The summed E-state index contributed by atoms with van der Waals surface area (Å²) >= 11 is 0. The van der Waals surface area contributed by atoms with Crippen LogP contribution in [0.15, 0.2) is 70.0 Å². The summed E-state index contributed by atoms with van der Waals surface area (Å²) in [6, 6.07) is 15.7. The number of para-hydroxylation sites is 2. The van der Waals surface area contributed by atoms with E-state index in [1.807, 2.05) is 37.3 Å². The molecule has 0 spiro atoms. The third-order valence-electron chi connectivity index (χ3n) is 4.96. The fourth-order valence-electron chi connectivity index (χ4n) is 3.56. The second-order valence-corrected chi connectivity index (χ2v) is 7.08. The average Bonchev–Trinajstić information content (AvgIpc) is 3.11. The fraction of sp³-hybridized carbons (Fsp3) is 0.174. The Balaban J connectivity index is 1.58. The molecule has 1 atom stereocenters. The smallest absolute Gasteiger partial charge is 0.418 e. The van der Waals surface area contributed by atoms with E-state index >= 15 is 0 Å². The van der Waals surface area contributed by atoms with E-state index in [0.29, 0.717) is 17.4 Å². The van der Waals surface area contributed by atoms with E-state index < -0.39 is 17.6 Å². The first kappa shape index (κ1) is 19.4. The van der Waals surface area contributed by atoms with Crippen molar-refractivity contribution in [2.75, 3.05) is 7.11 Å². The topological polar surface area (TPSA) is 90.5 Å². The lowest BCUT2D eigenvalue weighted by molar-refractivity contribution is 0.0936. The van der Waals surface area contributed by atoms with Crippen molar-refractivity contribution in [1.29, 1.82) is 0 Å². The van der Waals surface area contributed by atoms with Crippen LogP contribution in [-0.4, -0.2) is 29.7 Å². The highest BCUT2D eigenvalue weighted by Crippen LogP contribution is 2.23. The highest BCUT2D eigenvalue weighted by Gasteiger charge is 2.19. The number of fused-ring (bicyclic) bond motifs is 2. The first-order valence-corrected chi connectivity index (χ1v) is 9.49. The zero-order chi connectivity index (χ0) is 21.3. The third kappa shape index (κ3) is 3.57. The maximum atomic E-state index is 12.7. The Morgan fingerprint density at radius 2 is 1.87 bits per heavy atom. The van der Waals surface area contributed by atoms with Crippen LogP contribution in [0.5, 0.6) is 0 Å². The number of hydrogen-bond donors (Lipinski definition) is 1. The molecule has 0 radical (unpaired) electrons. The number of hydrogen-bond acceptors (Lipinski definition) is 5. The number of carbonyl (C=O) groups excluding carboxylic acids is 2. The van der Waals surface area contributed by atoms with Crippen molar-refractivity contribution in [2.24, 2.45) is 0 Å².